The van der Waals surface area contributed by atoms with Gasteiger partial charge in [0.2, 0.25) is 5.78 Å². The second kappa shape index (κ2) is 7.09. The van der Waals surface area contributed by atoms with Crippen molar-refractivity contribution in [2.24, 2.45) is 7.05 Å². The number of fused-ring (bicyclic) bond motifs is 1. The van der Waals surface area contributed by atoms with E-state index >= 15 is 0 Å². The van der Waals surface area contributed by atoms with E-state index in [2.05, 4.69) is 4.98 Å². The number of carbonyl (C=O) groups excluding carboxylic acids is 2. The number of thiophene rings is 1. The Morgan fingerprint density at radius 2 is 2.00 bits per heavy atom. The van der Waals surface area contributed by atoms with Gasteiger partial charge in [-0.25, -0.2) is 9.78 Å². The third-order valence-corrected chi connectivity index (χ3v) is 5.12. The number of hydrogen-bond acceptors (Lipinski definition) is 7. The highest BCUT2D eigenvalue weighted by atomic mass is 32.1. The smallest absolute Gasteiger partial charge is 0.349 e. The Kier molecular flexibility index (Phi) is 4.85. The van der Waals surface area contributed by atoms with Crippen LogP contribution >= 0.6 is 11.3 Å². The summed E-state index contributed by atoms with van der Waals surface area (Å²) in [6, 6.07) is 6.71. The lowest BCUT2D eigenvalue weighted by Gasteiger charge is -2.07. The molecule has 26 heavy (non-hydrogen) atoms. The first-order valence-corrected chi connectivity index (χ1v) is 8.53. The maximum absolute atomic E-state index is 12.4. The van der Waals surface area contributed by atoms with E-state index in [-0.39, 0.29) is 16.2 Å². The average molecular weight is 372 g/mol. The number of para-hydroxylation sites is 1. The number of aryl methyl sites for hydroxylation is 2. The number of benzene rings is 1. The number of hydrogen-bond donors (Lipinski definition) is 0. The fourth-order valence-corrected chi connectivity index (χ4v) is 3.59. The standard InChI is InChI=1S/C18H16N2O5S/c1-10-14-16(19-9-20(2)17(14)22)26-15(10)18(23)25-8-12(21)11-6-4-5-7-13(11)24-3/h4-7,9H,8H2,1-3H3. The molecule has 7 nitrogen and oxygen atoms in total. The van der Waals surface area contributed by atoms with Gasteiger partial charge in [-0.3, -0.25) is 9.59 Å². The van der Waals surface area contributed by atoms with Crippen LogP contribution in [-0.2, 0) is 11.8 Å². The molecule has 0 unspecified atom stereocenters. The topological polar surface area (TPSA) is 87.5 Å². The van der Waals surface area contributed by atoms with E-state index < -0.39 is 12.6 Å². The second-order valence-electron chi connectivity index (χ2n) is 5.60. The average Bonchev–Trinajstić information content (AvgIpc) is 2.99. The van der Waals surface area contributed by atoms with Gasteiger partial charge in [0.1, 0.15) is 15.5 Å². The minimum atomic E-state index is -0.657. The van der Waals surface area contributed by atoms with Crippen LogP contribution in [0.25, 0.3) is 10.2 Å². The van der Waals surface area contributed by atoms with Gasteiger partial charge < -0.3 is 14.0 Å². The van der Waals surface area contributed by atoms with Crippen LogP contribution in [0.2, 0.25) is 0 Å². The molecule has 0 amide bonds. The number of ether oxygens (including phenoxy) is 2. The van der Waals surface area contributed by atoms with Gasteiger partial charge in [0.25, 0.3) is 5.56 Å². The van der Waals surface area contributed by atoms with Gasteiger partial charge in [0, 0.05) is 7.05 Å². The zero-order valence-corrected chi connectivity index (χ0v) is 15.3. The van der Waals surface area contributed by atoms with Crippen LogP contribution in [-0.4, -0.2) is 35.0 Å². The molecule has 0 fully saturated rings. The first kappa shape index (κ1) is 17.8. The SMILES string of the molecule is COc1ccccc1C(=O)COC(=O)c1sc2ncn(C)c(=O)c2c1C. The molecule has 0 saturated heterocycles. The number of methoxy groups -OCH3 is 1. The molecule has 0 spiro atoms. The van der Waals surface area contributed by atoms with E-state index in [1.165, 1.54) is 18.0 Å². The fraction of sp³-hybridized carbons (Fsp3) is 0.222. The van der Waals surface area contributed by atoms with Crippen LogP contribution in [0.15, 0.2) is 35.4 Å². The third-order valence-electron chi connectivity index (χ3n) is 3.94. The molecule has 3 rings (SSSR count). The van der Waals surface area contributed by atoms with Gasteiger partial charge >= 0.3 is 5.97 Å². The fourth-order valence-electron chi connectivity index (χ4n) is 2.55. The van der Waals surface area contributed by atoms with Crippen molar-refractivity contribution in [1.29, 1.82) is 0 Å². The molecule has 0 bridgehead atoms. The molecule has 2 heterocycles. The van der Waals surface area contributed by atoms with E-state index in [0.717, 1.165) is 11.3 Å². The Balaban J connectivity index is 1.82. The van der Waals surface area contributed by atoms with E-state index in [0.29, 0.717) is 27.1 Å². The molecular formula is C18H16N2O5S. The van der Waals surface area contributed by atoms with Crippen molar-refractivity contribution in [2.75, 3.05) is 13.7 Å². The van der Waals surface area contributed by atoms with Crippen molar-refractivity contribution in [3.63, 3.8) is 0 Å². The maximum Gasteiger partial charge on any atom is 0.349 e. The Labute approximate surface area is 152 Å². The molecule has 0 saturated carbocycles. The van der Waals surface area contributed by atoms with Crippen molar-refractivity contribution in [3.8, 4) is 5.75 Å². The molecule has 0 aliphatic heterocycles. The van der Waals surface area contributed by atoms with Crippen LogP contribution in [0.4, 0.5) is 0 Å². The van der Waals surface area contributed by atoms with Gasteiger partial charge in [0.05, 0.1) is 24.4 Å². The first-order valence-electron chi connectivity index (χ1n) is 7.72. The number of Topliss-reactive ketones (excluding diaryl/α,β-unsaturated/α-hetero) is 1. The monoisotopic (exact) mass is 372 g/mol. The normalized spacial score (nSPS) is 10.7. The number of carbonyl (C=O) groups is 2. The highest BCUT2D eigenvalue weighted by molar-refractivity contribution is 7.20. The molecule has 1 aromatic carbocycles. The summed E-state index contributed by atoms with van der Waals surface area (Å²) in [5.41, 5.74) is 0.618. The van der Waals surface area contributed by atoms with Gasteiger partial charge in [-0.15, -0.1) is 11.3 Å². The van der Waals surface area contributed by atoms with Gasteiger partial charge in [-0.05, 0) is 24.6 Å². The van der Waals surface area contributed by atoms with Gasteiger partial charge in [-0.1, -0.05) is 12.1 Å². The van der Waals surface area contributed by atoms with Crippen LogP contribution in [0.5, 0.6) is 5.75 Å². The van der Waals surface area contributed by atoms with Crippen LogP contribution in [0.1, 0.15) is 25.6 Å². The van der Waals surface area contributed by atoms with Crippen molar-refractivity contribution < 1.29 is 19.1 Å². The molecule has 0 radical (unpaired) electrons. The molecular weight excluding hydrogens is 356 g/mol. The molecule has 0 aliphatic rings. The molecule has 0 atom stereocenters. The number of esters is 1. The van der Waals surface area contributed by atoms with Crippen molar-refractivity contribution >= 4 is 33.3 Å². The summed E-state index contributed by atoms with van der Waals surface area (Å²) in [6.45, 7) is 1.25. The van der Waals surface area contributed by atoms with Crippen LogP contribution < -0.4 is 10.3 Å². The summed E-state index contributed by atoms with van der Waals surface area (Å²) in [5.74, 6) is -0.612. The lowest BCUT2D eigenvalue weighted by atomic mass is 10.1. The molecule has 8 heteroatoms. The van der Waals surface area contributed by atoms with Gasteiger partial charge in [-0.2, -0.15) is 0 Å². The second-order valence-corrected chi connectivity index (χ2v) is 6.60. The van der Waals surface area contributed by atoms with Crippen LogP contribution in [0.3, 0.4) is 0 Å². The Bertz CT molecular complexity index is 1070. The molecule has 0 aliphatic carbocycles. The quantitative estimate of drug-likeness (QED) is 0.505. The number of nitrogens with zero attached hydrogens (tertiary/aromatic N) is 2. The number of ketones is 1. The third kappa shape index (κ3) is 3.11. The van der Waals surface area contributed by atoms with E-state index in [4.69, 9.17) is 9.47 Å². The summed E-state index contributed by atoms with van der Waals surface area (Å²) < 4.78 is 11.6. The minimum Gasteiger partial charge on any atom is -0.496 e. The number of rotatable bonds is 5. The summed E-state index contributed by atoms with van der Waals surface area (Å²) in [6.07, 6.45) is 1.40. The molecule has 0 N–H and O–H groups in total. The maximum atomic E-state index is 12.4. The Morgan fingerprint density at radius 1 is 1.27 bits per heavy atom. The summed E-state index contributed by atoms with van der Waals surface area (Å²) in [5, 5.41) is 0.392. The predicted molar refractivity (Wildman–Crippen MR) is 97.2 cm³/mol. The van der Waals surface area contributed by atoms with Crippen LogP contribution in [0, 0.1) is 6.92 Å². The van der Waals surface area contributed by atoms with E-state index in [1.54, 1.807) is 38.2 Å². The molecule has 3 aromatic rings. The zero-order chi connectivity index (χ0) is 18.8. The predicted octanol–water partition coefficient (Wildman–Crippen LogP) is 2.35. The Hall–Kier alpha value is -3.00. The highest BCUT2D eigenvalue weighted by Gasteiger charge is 2.21. The first-order chi connectivity index (χ1) is 12.4. The van der Waals surface area contributed by atoms with Gasteiger partial charge in [0.15, 0.2) is 6.61 Å². The van der Waals surface area contributed by atoms with E-state index in [1.807, 2.05) is 0 Å². The minimum absolute atomic E-state index is 0.229. The largest absolute Gasteiger partial charge is 0.496 e. The molecule has 134 valence electrons. The Morgan fingerprint density at radius 3 is 2.73 bits per heavy atom. The van der Waals surface area contributed by atoms with Crippen molar-refractivity contribution in [1.82, 2.24) is 9.55 Å². The highest BCUT2D eigenvalue weighted by Crippen LogP contribution is 2.27. The van der Waals surface area contributed by atoms with Crippen molar-refractivity contribution in [3.05, 3.63) is 57.0 Å². The summed E-state index contributed by atoms with van der Waals surface area (Å²) in [4.78, 5) is 41.8. The number of aromatic nitrogens is 2. The summed E-state index contributed by atoms with van der Waals surface area (Å²) in [7, 11) is 3.06. The van der Waals surface area contributed by atoms with E-state index in [9.17, 15) is 14.4 Å². The zero-order valence-electron chi connectivity index (χ0n) is 14.4. The molecule has 2 aromatic heterocycles. The summed E-state index contributed by atoms with van der Waals surface area (Å²) >= 11 is 1.08. The lowest BCUT2D eigenvalue weighted by Crippen LogP contribution is -2.17. The van der Waals surface area contributed by atoms with Crippen molar-refractivity contribution in [2.45, 2.75) is 6.92 Å². The lowest BCUT2D eigenvalue weighted by molar-refractivity contribution is 0.0478.